The molecule has 0 spiro atoms. The van der Waals surface area contributed by atoms with Crippen LogP contribution in [0.3, 0.4) is 0 Å². The molecule has 2 aromatic heterocycles. The van der Waals surface area contributed by atoms with E-state index in [0.29, 0.717) is 12.1 Å². The Bertz CT molecular complexity index is 627. The maximum Gasteiger partial charge on any atom is 0.290 e. The molecule has 0 aliphatic rings. The van der Waals surface area contributed by atoms with Gasteiger partial charge in [-0.2, -0.15) is 0 Å². The lowest BCUT2D eigenvalue weighted by Gasteiger charge is -2.17. The molecule has 0 amide bonds. The fourth-order valence-electron chi connectivity index (χ4n) is 1.83. The van der Waals surface area contributed by atoms with E-state index >= 15 is 0 Å². The van der Waals surface area contributed by atoms with E-state index in [1.54, 1.807) is 24.3 Å². The number of rotatable bonds is 5. The lowest BCUT2D eigenvalue weighted by molar-refractivity contribution is -0.385. The van der Waals surface area contributed by atoms with Crippen molar-refractivity contribution >= 4 is 22.8 Å². The molecule has 2 aromatic rings. The summed E-state index contributed by atoms with van der Waals surface area (Å²) in [6, 6.07) is 1.74. The summed E-state index contributed by atoms with van der Waals surface area (Å²) >= 11 is 1.68. The molecule has 0 bridgehead atoms. The normalized spacial score (nSPS) is 10.6. The Labute approximate surface area is 121 Å². The van der Waals surface area contributed by atoms with Crippen LogP contribution in [0.5, 0.6) is 0 Å². The summed E-state index contributed by atoms with van der Waals surface area (Å²) in [5.41, 5.74) is 0.665. The third-order valence-corrected chi connectivity index (χ3v) is 4.08. The van der Waals surface area contributed by atoms with E-state index < -0.39 is 4.92 Å². The highest BCUT2D eigenvalue weighted by Crippen LogP contribution is 2.23. The van der Waals surface area contributed by atoms with Crippen molar-refractivity contribution in [3.8, 4) is 0 Å². The van der Waals surface area contributed by atoms with E-state index in [4.69, 9.17) is 0 Å². The van der Waals surface area contributed by atoms with Gasteiger partial charge in [0, 0.05) is 23.7 Å². The van der Waals surface area contributed by atoms with Crippen LogP contribution in [-0.2, 0) is 13.0 Å². The Morgan fingerprint density at radius 1 is 1.40 bits per heavy atom. The number of anilines is 1. The van der Waals surface area contributed by atoms with Gasteiger partial charge in [-0.15, -0.1) is 11.3 Å². The van der Waals surface area contributed by atoms with Crippen molar-refractivity contribution in [2.24, 2.45) is 0 Å². The van der Waals surface area contributed by atoms with Crippen molar-refractivity contribution in [3.05, 3.63) is 44.0 Å². The van der Waals surface area contributed by atoms with Crippen LogP contribution in [0.15, 0.2) is 18.5 Å². The number of hydrogen-bond donors (Lipinski definition) is 0. The van der Waals surface area contributed by atoms with E-state index in [1.165, 1.54) is 6.20 Å². The van der Waals surface area contributed by atoms with Crippen molar-refractivity contribution in [2.75, 3.05) is 11.9 Å². The van der Waals surface area contributed by atoms with Gasteiger partial charge in [-0.05, 0) is 19.4 Å². The zero-order valence-electron chi connectivity index (χ0n) is 11.7. The summed E-state index contributed by atoms with van der Waals surface area (Å²) in [4.78, 5) is 21.9. The number of hydrogen-bond acceptors (Lipinski definition) is 6. The average molecular weight is 292 g/mol. The first-order valence-electron chi connectivity index (χ1n) is 6.27. The summed E-state index contributed by atoms with van der Waals surface area (Å²) in [6.07, 6.45) is 4.12. The Kier molecular flexibility index (Phi) is 4.29. The van der Waals surface area contributed by atoms with Crippen LogP contribution >= 0.6 is 11.3 Å². The standard InChI is InChI=1S/C13H16N4O2S/c1-4-13-15-6-10(20-13)8-16(3)12-5-9(2)11(7-14-12)17(18)19/h5-7H,4,8H2,1-3H3. The smallest absolute Gasteiger partial charge is 0.290 e. The molecule has 0 aromatic carbocycles. The molecule has 106 valence electrons. The van der Waals surface area contributed by atoms with Crippen molar-refractivity contribution < 1.29 is 4.92 Å². The van der Waals surface area contributed by atoms with Crippen LogP contribution in [0.2, 0.25) is 0 Å². The van der Waals surface area contributed by atoms with Crippen molar-refractivity contribution in [1.29, 1.82) is 0 Å². The second-order valence-electron chi connectivity index (χ2n) is 4.52. The minimum Gasteiger partial charge on any atom is -0.354 e. The van der Waals surface area contributed by atoms with Gasteiger partial charge in [-0.3, -0.25) is 10.1 Å². The molecular weight excluding hydrogens is 276 g/mol. The molecule has 0 aliphatic carbocycles. The van der Waals surface area contributed by atoms with Crippen LogP contribution in [0, 0.1) is 17.0 Å². The Morgan fingerprint density at radius 3 is 2.70 bits per heavy atom. The number of nitro groups is 1. The Morgan fingerprint density at radius 2 is 2.15 bits per heavy atom. The van der Waals surface area contributed by atoms with Crippen molar-refractivity contribution in [2.45, 2.75) is 26.8 Å². The second-order valence-corrected chi connectivity index (χ2v) is 5.72. The van der Waals surface area contributed by atoms with Crippen LogP contribution < -0.4 is 4.90 Å². The van der Waals surface area contributed by atoms with Crippen LogP contribution in [0.25, 0.3) is 0 Å². The van der Waals surface area contributed by atoms with Crippen LogP contribution in [0.4, 0.5) is 11.5 Å². The molecule has 0 saturated carbocycles. The third-order valence-electron chi connectivity index (χ3n) is 2.95. The average Bonchev–Trinajstić information content (AvgIpc) is 2.85. The fourth-order valence-corrected chi connectivity index (χ4v) is 2.75. The highest BCUT2D eigenvalue weighted by molar-refractivity contribution is 7.11. The zero-order valence-corrected chi connectivity index (χ0v) is 12.5. The molecular formula is C13H16N4O2S. The number of aryl methyl sites for hydroxylation is 2. The predicted molar refractivity (Wildman–Crippen MR) is 79.2 cm³/mol. The third kappa shape index (κ3) is 3.11. The molecule has 0 saturated heterocycles. The summed E-state index contributed by atoms with van der Waals surface area (Å²) < 4.78 is 0. The number of aromatic nitrogens is 2. The molecule has 6 nitrogen and oxygen atoms in total. The van der Waals surface area contributed by atoms with Gasteiger partial charge in [0.15, 0.2) is 0 Å². The van der Waals surface area contributed by atoms with Crippen molar-refractivity contribution in [3.63, 3.8) is 0 Å². The van der Waals surface area contributed by atoms with Gasteiger partial charge in [0.1, 0.15) is 12.0 Å². The van der Waals surface area contributed by atoms with Crippen LogP contribution in [-0.4, -0.2) is 21.9 Å². The van der Waals surface area contributed by atoms with Gasteiger partial charge < -0.3 is 4.90 Å². The molecule has 0 N–H and O–H groups in total. The molecule has 20 heavy (non-hydrogen) atoms. The first-order valence-corrected chi connectivity index (χ1v) is 7.08. The summed E-state index contributed by atoms with van der Waals surface area (Å²) in [5, 5.41) is 11.9. The Balaban J connectivity index is 2.14. The molecule has 0 aliphatic heterocycles. The maximum absolute atomic E-state index is 10.8. The number of thiazole rings is 1. The summed E-state index contributed by atoms with van der Waals surface area (Å²) in [6.45, 7) is 4.49. The first-order chi connectivity index (χ1) is 9.51. The quantitative estimate of drug-likeness (QED) is 0.626. The van der Waals surface area contributed by atoms with E-state index in [0.717, 1.165) is 22.1 Å². The summed E-state index contributed by atoms with van der Waals surface area (Å²) in [7, 11) is 1.92. The van der Waals surface area contributed by atoms with Gasteiger partial charge in [0.2, 0.25) is 0 Å². The second kappa shape index (κ2) is 5.96. The molecule has 0 atom stereocenters. The fraction of sp³-hybridized carbons (Fsp3) is 0.385. The van der Waals surface area contributed by atoms with E-state index in [1.807, 2.05) is 18.1 Å². The lowest BCUT2D eigenvalue weighted by Crippen LogP contribution is -2.17. The highest BCUT2D eigenvalue weighted by Gasteiger charge is 2.14. The van der Waals surface area contributed by atoms with Gasteiger partial charge in [0.05, 0.1) is 16.5 Å². The molecule has 0 unspecified atom stereocenters. The summed E-state index contributed by atoms with van der Waals surface area (Å²) in [5.74, 6) is 0.722. The van der Waals surface area contributed by atoms with E-state index in [9.17, 15) is 10.1 Å². The van der Waals surface area contributed by atoms with Crippen molar-refractivity contribution in [1.82, 2.24) is 9.97 Å². The Hall–Kier alpha value is -2.02. The molecule has 2 heterocycles. The number of pyridine rings is 1. The first kappa shape index (κ1) is 14.4. The minimum atomic E-state index is -0.414. The number of nitrogens with zero attached hydrogens (tertiary/aromatic N) is 4. The highest BCUT2D eigenvalue weighted by atomic mass is 32.1. The lowest BCUT2D eigenvalue weighted by atomic mass is 10.2. The molecule has 2 rings (SSSR count). The van der Waals surface area contributed by atoms with Gasteiger partial charge in [-0.1, -0.05) is 6.92 Å². The molecule has 7 heteroatoms. The SMILES string of the molecule is CCc1ncc(CN(C)c2cc(C)c([N+](=O)[O-])cn2)s1. The molecule has 0 fully saturated rings. The molecule has 0 radical (unpaired) electrons. The predicted octanol–water partition coefficient (Wildman–Crippen LogP) is 2.95. The monoisotopic (exact) mass is 292 g/mol. The van der Waals surface area contributed by atoms with Gasteiger partial charge in [0.25, 0.3) is 5.69 Å². The topological polar surface area (TPSA) is 72.2 Å². The minimum absolute atomic E-state index is 0.0493. The van der Waals surface area contributed by atoms with Gasteiger partial charge >= 0.3 is 0 Å². The van der Waals surface area contributed by atoms with E-state index in [2.05, 4.69) is 16.9 Å². The van der Waals surface area contributed by atoms with E-state index in [-0.39, 0.29) is 5.69 Å². The maximum atomic E-state index is 10.8. The van der Waals surface area contributed by atoms with Crippen LogP contribution in [0.1, 0.15) is 22.4 Å². The zero-order chi connectivity index (χ0) is 14.7. The largest absolute Gasteiger partial charge is 0.354 e. The van der Waals surface area contributed by atoms with Gasteiger partial charge in [-0.25, -0.2) is 9.97 Å².